The Balaban J connectivity index is 1.70. The number of unbranched alkanes of at least 4 members (excludes halogenated alkanes) is 12. The van der Waals surface area contributed by atoms with Crippen molar-refractivity contribution in [2.75, 3.05) is 7.11 Å². The summed E-state index contributed by atoms with van der Waals surface area (Å²) in [4.78, 5) is 23.5. The zero-order valence-corrected chi connectivity index (χ0v) is 24.1. The molecule has 210 valence electrons. The topological polar surface area (TPSA) is 124 Å². The second kappa shape index (κ2) is 16.2. The minimum atomic E-state index is -3.70. The minimum absolute atomic E-state index is 0.115. The van der Waals surface area contributed by atoms with Gasteiger partial charge in [0.15, 0.2) is 20.5 Å². The van der Waals surface area contributed by atoms with Crippen LogP contribution < -0.4 is 0 Å². The van der Waals surface area contributed by atoms with E-state index < -0.39 is 15.1 Å². The molecule has 1 N–H and O–H groups in total. The number of methoxy groups -OCH3 is 1. The minimum Gasteiger partial charge on any atom is -0.469 e. The van der Waals surface area contributed by atoms with Crippen LogP contribution in [0.2, 0.25) is 5.28 Å². The normalized spacial score (nSPS) is 12.1. The molecule has 0 aliphatic heterocycles. The van der Waals surface area contributed by atoms with Crippen LogP contribution in [0.3, 0.4) is 0 Å². The van der Waals surface area contributed by atoms with E-state index in [0.29, 0.717) is 24.3 Å². The third-order valence-corrected chi connectivity index (χ3v) is 8.88. The van der Waals surface area contributed by atoms with Crippen LogP contribution in [0.25, 0.3) is 11.2 Å². The molecule has 0 atom stereocenters. The quantitative estimate of drug-likeness (QED) is 0.0994. The van der Waals surface area contributed by atoms with E-state index in [1.807, 2.05) is 0 Å². The van der Waals surface area contributed by atoms with Crippen LogP contribution >= 0.6 is 11.6 Å². The van der Waals surface area contributed by atoms with E-state index in [4.69, 9.17) is 11.6 Å². The Morgan fingerprint density at radius 2 is 1.41 bits per heavy atom. The van der Waals surface area contributed by atoms with Gasteiger partial charge < -0.3 is 14.4 Å². The van der Waals surface area contributed by atoms with Crippen molar-refractivity contribution in [3.05, 3.63) is 11.1 Å². The van der Waals surface area contributed by atoms with Gasteiger partial charge in [0.2, 0.25) is 5.28 Å². The van der Waals surface area contributed by atoms with Crippen molar-refractivity contribution >= 4 is 38.6 Å². The molecule has 0 spiro atoms. The van der Waals surface area contributed by atoms with Gasteiger partial charge in [-0.1, -0.05) is 70.6 Å². The predicted octanol–water partition coefficient (Wildman–Crippen LogP) is 5.79. The van der Waals surface area contributed by atoms with Crippen molar-refractivity contribution in [2.24, 2.45) is 0 Å². The molecule has 0 aliphatic rings. The van der Waals surface area contributed by atoms with Crippen LogP contribution in [0.4, 0.5) is 0 Å². The second-order valence-electron chi connectivity index (χ2n) is 9.82. The van der Waals surface area contributed by atoms with Gasteiger partial charge in [-0.25, -0.2) is 18.4 Å². The number of carbonyl (C=O) groups is 1. The van der Waals surface area contributed by atoms with Crippen molar-refractivity contribution in [1.29, 1.82) is 0 Å². The maximum absolute atomic E-state index is 12.9. The number of hydrogen-bond acceptors (Lipinski definition) is 8. The van der Waals surface area contributed by atoms with Crippen molar-refractivity contribution in [3.63, 3.8) is 0 Å². The van der Waals surface area contributed by atoms with Gasteiger partial charge in [0, 0.05) is 13.0 Å². The molecule has 0 unspecified atom stereocenters. The fourth-order valence-electron chi connectivity index (χ4n) is 4.39. The molecule has 2 aromatic rings. The molecule has 0 amide bonds. The van der Waals surface area contributed by atoms with Gasteiger partial charge in [0.25, 0.3) is 0 Å². The lowest BCUT2D eigenvalue weighted by Crippen LogP contribution is -2.18. The molecule has 0 saturated carbocycles. The first kappa shape index (κ1) is 31.4. The van der Waals surface area contributed by atoms with Crippen molar-refractivity contribution in [2.45, 2.75) is 127 Å². The SMILES string of the molecule is COC(=O)CCCCCCCCCCCCCCCn1c(CO)nc2nc(Cl)nc(S(=O)(=O)C(C)C)c21. The van der Waals surface area contributed by atoms with Gasteiger partial charge in [-0.3, -0.25) is 4.79 Å². The number of sulfone groups is 1. The number of imidazole rings is 1. The summed E-state index contributed by atoms with van der Waals surface area (Å²) in [6.07, 6.45) is 15.4. The van der Waals surface area contributed by atoms with Gasteiger partial charge in [0.05, 0.1) is 12.4 Å². The van der Waals surface area contributed by atoms with Crippen molar-refractivity contribution in [1.82, 2.24) is 19.5 Å². The average Bonchev–Trinajstić information content (AvgIpc) is 3.22. The van der Waals surface area contributed by atoms with Crippen molar-refractivity contribution in [3.8, 4) is 0 Å². The predicted molar refractivity (Wildman–Crippen MR) is 145 cm³/mol. The van der Waals surface area contributed by atoms with E-state index in [0.717, 1.165) is 32.1 Å². The molecule has 0 aromatic carbocycles. The van der Waals surface area contributed by atoms with Crippen LogP contribution in [0.15, 0.2) is 5.03 Å². The highest BCUT2D eigenvalue weighted by Gasteiger charge is 2.28. The number of fused-ring (bicyclic) bond motifs is 1. The Morgan fingerprint density at radius 1 is 0.892 bits per heavy atom. The highest BCUT2D eigenvalue weighted by atomic mass is 35.5. The molecule has 9 nitrogen and oxygen atoms in total. The molecular formula is C26H43ClN4O5S. The second-order valence-corrected chi connectivity index (χ2v) is 12.6. The van der Waals surface area contributed by atoms with Gasteiger partial charge in [-0.15, -0.1) is 0 Å². The largest absolute Gasteiger partial charge is 0.469 e. The molecule has 0 bridgehead atoms. The van der Waals surface area contributed by atoms with Crippen LogP contribution in [0.1, 0.15) is 110 Å². The first-order valence-corrected chi connectivity index (χ1v) is 15.5. The van der Waals surface area contributed by atoms with Gasteiger partial charge >= 0.3 is 5.97 Å². The summed E-state index contributed by atoms with van der Waals surface area (Å²) in [5, 5.41) is 8.85. The van der Waals surface area contributed by atoms with Gasteiger partial charge in [-0.05, 0) is 38.3 Å². The lowest BCUT2D eigenvalue weighted by atomic mass is 10.0. The molecule has 11 heteroatoms. The van der Waals surface area contributed by atoms with E-state index in [1.165, 1.54) is 58.5 Å². The third kappa shape index (κ3) is 9.80. The number of nitrogens with zero attached hydrogens (tertiary/aromatic N) is 4. The molecular weight excluding hydrogens is 516 g/mol. The summed E-state index contributed by atoms with van der Waals surface area (Å²) in [6.45, 7) is 3.42. The van der Waals surface area contributed by atoms with E-state index in [-0.39, 0.29) is 28.5 Å². The van der Waals surface area contributed by atoms with Crippen LogP contribution in [0.5, 0.6) is 0 Å². The number of rotatable bonds is 19. The Morgan fingerprint density at radius 3 is 1.89 bits per heavy atom. The summed E-state index contributed by atoms with van der Waals surface area (Å²) >= 11 is 5.98. The highest BCUT2D eigenvalue weighted by Crippen LogP contribution is 2.27. The summed E-state index contributed by atoms with van der Waals surface area (Å²) < 4.78 is 32.2. The molecule has 2 heterocycles. The zero-order valence-electron chi connectivity index (χ0n) is 22.5. The lowest BCUT2D eigenvalue weighted by molar-refractivity contribution is -0.140. The monoisotopic (exact) mass is 558 g/mol. The molecule has 0 radical (unpaired) electrons. The Labute approximate surface area is 226 Å². The van der Waals surface area contributed by atoms with Gasteiger partial charge in [-0.2, -0.15) is 4.98 Å². The summed E-state index contributed by atoms with van der Waals surface area (Å²) in [7, 11) is -2.27. The average molecular weight is 559 g/mol. The van der Waals surface area contributed by atoms with E-state index >= 15 is 0 Å². The Kier molecular flexibility index (Phi) is 13.8. The summed E-state index contributed by atoms with van der Waals surface area (Å²) in [5.41, 5.74) is 0.523. The van der Waals surface area contributed by atoms with Crippen molar-refractivity contribution < 1.29 is 23.1 Å². The lowest BCUT2D eigenvalue weighted by Gasteiger charge is -2.12. The Bertz CT molecular complexity index is 1090. The maximum atomic E-state index is 12.9. The summed E-state index contributed by atoms with van der Waals surface area (Å²) in [5.74, 6) is 0.256. The number of aromatic nitrogens is 4. The maximum Gasteiger partial charge on any atom is 0.305 e. The smallest absolute Gasteiger partial charge is 0.305 e. The van der Waals surface area contributed by atoms with Crippen LogP contribution in [0, 0.1) is 0 Å². The number of aliphatic hydroxyl groups is 1. The molecule has 0 aliphatic carbocycles. The number of esters is 1. The standard InChI is InChI=1S/C26H43ClN4O5S/c1-20(2)37(34,35)25-23-24(29-26(27)30-25)28-21(19-32)31(23)18-16-14-12-10-8-6-4-5-7-9-11-13-15-17-22(33)36-3/h20,32H,4-19H2,1-3H3. The number of carbonyl (C=O) groups excluding carboxylic acids is 1. The molecule has 2 rings (SSSR count). The van der Waals surface area contributed by atoms with Crippen LogP contribution in [-0.2, 0) is 32.5 Å². The fourth-order valence-corrected chi connectivity index (χ4v) is 5.74. The zero-order chi connectivity index (χ0) is 27.3. The first-order chi connectivity index (χ1) is 17.7. The molecule has 0 fully saturated rings. The van der Waals surface area contributed by atoms with E-state index in [2.05, 4.69) is 19.7 Å². The number of halogens is 1. The molecule has 2 aromatic heterocycles. The number of aryl methyl sites for hydroxylation is 1. The molecule has 0 saturated heterocycles. The first-order valence-electron chi connectivity index (χ1n) is 13.6. The number of ether oxygens (including phenoxy) is 1. The van der Waals surface area contributed by atoms with E-state index in [1.54, 1.807) is 18.4 Å². The highest BCUT2D eigenvalue weighted by molar-refractivity contribution is 7.92. The van der Waals surface area contributed by atoms with Crippen LogP contribution in [-0.4, -0.2) is 51.4 Å². The molecule has 37 heavy (non-hydrogen) atoms. The summed E-state index contributed by atoms with van der Waals surface area (Å²) in [6, 6.07) is 0. The number of aliphatic hydroxyl groups excluding tert-OH is 1. The van der Waals surface area contributed by atoms with E-state index in [9.17, 15) is 18.3 Å². The van der Waals surface area contributed by atoms with Gasteiger partial charge in [0.1, 0.15) is 17.9 Å². The fraction of sp³-hybridized carbons (Fsp3) is 0.769. The number of hydrogen-bond donors (Lipinski definition) is 1. The Hall–Kier alpha value is -1.78. The third-order valence-electron chi connectivity index (χ3n) is 6.64.